The zero-order valence-electron chi connectivity index (χ0n) is 17.6. The van der Waals surface area contributed by atoms with Gasteiger partial charge in [0, 0.05) is 30.4 Å². The molecule has 1 aromatic heterocycles. The first-order chi connectivity index (χ1) is 15.1. The predicted octanol–water partition coefficient (Wildman–Crippen LogP) is 4.09. The Bertz CT molecular complexity index is 1130. The first-order valence-corrected chi connectivity index (χ1v) is 10.9. The van der Waals surface area contributed by atoms with Crippen LogP contribution < -0.4 is 10.1 Å². The first-order valence-electron chi connectivity index (χ1n) is 10.9. The smallest absolute Gasteiger partial charge is 0.290 e. The summed E-state index contributed by atoms with van der Waals surface area (Å²) in [6, 6.07) is 13.0. The molecule has 0 radical (unpaired) electrons. The van der Waals surface area contributed by atoms with Crippen molar-refractivity contribution in [2.75, 3.05) is 19.0 Å². The van der Waals surface area contributed by atoms with Gasteiger partial charge in [-0.3, -0.25) is 9.59 Å². The maximum absolute atomic E-state index is 13.2. The first kappa shape index (κ1) is 19.6. The van der Waals surface area contributed by atoms with Crippen LogP contribution in [0.25, 0.3) is 11.0 Å². The molecule has 2 aliphatic rings. The number of amides is 2. The van der Waals surface area contributed by atoms with Gasteiger partial charge in [-0.15, -0.1) is 0 Å². The van der Waals surface area contributed by atoms with Crippen molar-refractivity contribution in [2.24, 2.45) is 0 Å². The summed E-state index contributed by atoms with van der Waals surface area (Å²) in [5.74, 6) is 1.02. The molecule has 0 atom stereocenters. The van der Waals surface area contributed by atoms with Gasteiger partial charge in [0.2, 0.25) is 0 Å². The Morgan fingerprint density at radius 2 is 1.84 bits per heavy atom. The number of benzene rings is 2. The number of ether oxygens (including phenoxy) is 1. The topological polar surface area (TPSA) is 76.5 Å². The normalized spacial score (nSPS) is 16.9. The van der Waals surface area contributed by atoms with E-state index in [0.29, 0.717) is 28.6 Å². The predicted molar refractivity (Wildman–Crippen MR) is 119 cm³/mol. The molecule has 0 saturated heterocycles. The summed E-state index contributed by atoms with van der Waals surface area (Å²) in [6.07, 6.45) is 5.82. The van der Waals surface area contributed by atoms with Gasteiger partial charge in [0.15, 0.2) is 5.82 Å². The van der Waals surface area contributed by atoms with Gasteiger partial charge in [0.1, 0.15) is 5.75 Å². The molecule has 1 aliphatic carbocycles. The molecule has 1 saturated carbocycles. The van der Waals surface area contributed by atoms with Gasteiger partial charge < -0.3 is 19.5 Å². The number of nitrogens with zero attached hydrogens (tertiary/aromatic N) is 3. The van der Waals surface area contributed by atoms with Gasteiger partial charge in [-0.25, -0.2) is 4.98 Å². The van der Waals surface area contributed by atoms with E-state index in [9.17, 15) is 9.59 Å². The van der Waals surface area contributed by atoms with Gasteiger partial charge >= 0.3 is 0 Å². The largest absolute Gasteiger partial charge is 0.497 e. The number of fused-ring (bicyclic) bond motifs is 3. The monoisotopic (exact) mass is 418 g/mol. The lowest BCUT2D eigenvalue weighted by Gasteiger charge is -2.36. The summed E-state index contributed by atoms with van der Waals surface area (Å²) in [4.78, 5) is 32.5. The van der Waals surface area contributed by atoms with Crippen LogP contribution in [0.5, 0.6) is 5.75 Å². The Labute approximate surface area is 181 Å². The van der Waals surface area contributed by atoms with E-state index < -0.39 is 0 Å². The molecule has 31 heavy (non-hydrogen) atoms. The molecule has 2 aromatic carbocycles. The molecular formula is C24H26N4O3. The molecule has 5 rings (SSSR count). The fourth-order valence-electron chi connectivity index (χ4n) is 4.72. The number of rotatable bonds is 4. The van der Waals surface area contributed by atoms with Crippen LogP contribution in [-0.4, -0.2) is 46.0 Å². The Hall–Kier alpha value is -3.35. The van der Waals surface area contributed by atoms with E-state index in [0.717, 1.165) is 37.2 Å². The summed E-state index contributed by atoms with van der Waals surface area (Å²) >= 11 is 0. The van der Waals surface area contributed by atoms with Gasteiger partial charge in [-0.05, 0) is 55.3 Å². The van der Waals surface area contributed by atoms with Crippen molar-refractivity contribution in [1.82, 2.24) is 14.5 Å². The highest BCUT2D eigenvalue weighted by molar-refractivity contribution is 6.06. The second-order valence-corrected chi connectivity index (χ2v) is 8.26. The third-order valence-corrected chi connectivity index (χ3v) is 6.39. The molecule has 2 amide bonds. The minimum Gasteiger partial charge on any atom is -0.497 e. The number of nitrogens with one attached hydrogen (secondary N) is 1. The number of anilines is 1. The third kappa shape index (κ3) is 3.65. The van der Waals surface area contributed by atoms with Crippen molar-refractivity contribution in [3.05, 3.63) is 53.9 Å². The molecular weight excluding hydrogens is 392 g/mol. The van der Waals surface area contributed by atoms with Gasteiger partial charge in [-0.2, -0.15) is 0 Å². The Morgan fingerprint density at radius 1 is 1.06 bits per heavy atom. The van der Waals surface area contributed by atoms with Gasteiger partial charge in [-0.1, -0.05) is 19.3 Å². The van der Waals surface area contributed by atoms with Crippen LogP contribution >= 0.6 is 0 Å². The van der Waals surface area contributed by atoms with Gasteiger partial charge in [0.25, 0.3) is 11.8 Å². The second kappa shape index (κ2) is 8.06. The SMILES string of the molecule is COc1ccc(NC(=O)c2ccc3c(c2)nc2n3CCN(C3CCCCC3)C2=O)cc1. The summed E-state index contributed by atoms with van der Waals surface area (Å²) in [6.45, 7) is 1.47. The lowest BCUT2D eigenvalue weighted by molar-refractivity contribution is 0.0566. The Morgan fingerprint density at radius 3 is 2.58 bits per heavy atom. The van der Waals surface area contributed by atoms with Gasteiger partial charge in [0.05, 0.1) is 18.1 Å². The number of carbonyl (C=O) groups excluding carboxylic acids is 2. The van der Waals surface area contributed by atoms with Crippen molar-refractivity contribution in [3.8, 4) is 5.75 Å². The fourth-order valence-corrected chi connectivity index (χ4v) is 4.72. The number of hydrogen-bond donors (Lipinski definition) is 1. The second-order valence-electron chi connectivity index (χ2n) is 8.26. The zero-order valence-corrected chi connectivity index (χ0v) is 17.6. The number of carbonyl (C=O) groups is 2. The van der Waals surface area contributed by atoms with E-state index in [1.54, 1.807) is 43.5 Å². The van der Waals surface area contributed by atoms with Crippen molar-refractivity contribution in [1.29, 1.82) is 0 Å². The molecule has 0 unspecified atom stereocenters. The van der Waals surface area contributed by atoms with Crippen molar-refractivity contribution in [3.63, 3.8) is 0 Å². The maximum atomic E-state index is 13.2. The van der Waals surface area contributed by atoms with Crippen LogP contribution in [0.4, 0.5) is 5.69 Å². The average Bonchev–Trinajstić information content (AvgIpc) is 3.19. The average molecular weight is 418 g/mol. The summed E-state index contributed by atoms with van der Waals surface area (Å²) in [5.41, 5.74) is 2.77. The van der Waals surface area contributed by atoms with Crippen LogP contribution in [0.2, 0.25) is 0 Å². The van der Waals surface area contributed by atoms with E-state index in [4.69, 9.17) is 4.74 Å². The van der Waals surface area contributed by atoms with E-state index in [-0.39, 0.29) is 11.8 Å². The minimum absolute atomic E-state index is 0.0126. The molecule has 1 fully saturated rings. The van der Waals surface area contributed by atoms with E-state index >= 15 is 0 Å². The standard InChI is InChI=1S/C24H26N4O3/c1-31-19-10-8-17(9-11-19)25-23(29)16-7-12-21-20(15-16)26-22-24(30)27(13-14-28(21)22)18-5-3-2-4-6-18/h7-12,15,18H,2-6,13-14H2,1H3,(H,25,29). The van der Waals surface area contributed by atoms with E-state index in [1.807, 2.05) is 15.5 Å². The highest BCUT2D eigenvalue weighted by Gasteiger charge is 2.33. The number of aromatic nitrogens is 2. The summed E-state index contributed by atoms with van der Waals surface area (Å²) < 4.78 is 7.14. The van der Waals surface area contributed by atoms with Crippen LogP contribution in [0.15, 0.2) is 42.5 Å². The summed E-state index contributed by atoms with van der Waals surface area (Å²) in [5, 5.41) is 2.89. The molecule has 3 aromatic rings. The van der Waals surface area contributed by atoms with Crippen molar-refractivity contribution < 1.29 is 14.3 Å². The highest BCUT2D eigenvalue weighted by atomic mass is 16.5. The van der Waals surface area contributed by atoms with Crippen LogP contribution in [-0.2, 0) is 6.54 Å². The minimum atomic E-state index is -0.215. The molecule has 0 spiro atoms. The number of imidazole rings is 1. The maximum Gasteiger partial charge on any atom is 0.290 e. The molecule has 7 heteroatoms. The van der Waals surface area contributed by atoms with Crippen LogP contribution in [0.3, 0.4) is 0 Å². The molecule has 0 bridgehead atoms. The highest BCUT2D eigenvalue weighted by Crippen LogP contribution is 2.28. The van der Waals surface area contributed by atoms with Crippen LogP contribution in [0, 0.1) is 0 Å². The summed E-state index contributed by atoms with van der Waals surface area (Å²) in [7, 11) is 1.60. The molecule has 7 nitrogen and oxygen atoms in total. The van der Waals surface area contributed by atoms with Crippen molar-refractivity contribution >= 4 is 28.5 Å². The quantitative estimate of drug-likeness (QED) is 0.693. The lowest BCUT2D eigenvalue weighted by atomic mass is 9.94. The molecule has 1 aliphatic heterocycles. The van der Waals surface area contributed by atoms with E-state index in [2.05, 4.69) is 10.3 Å². The number of methoxy groups -OCH3 is 1. The molecule has 160 valence electrons. The molecule has 1 N–H and O–H groups in total. The fraction of sp³-hybridized carbons (Fsp3) is 0.375. The zero-order chi connectivity index (χ0) is 21.4. The van der Waals surface area contributed by atoms with E-state index in [1.165, 1.54) is 19.3 Å². The van der Waals surface area contributed by atoms with Crippen LogP contribution in [0.1, 0.15) is 53.1 Å². The Kier molecular flexibility index (Phi) is 5.10. The molecule has 2 heterocycles. The third-order valence-electron chi connectivity index (χ3n) is 6.39. The lowest BCUT2D eigenvalue weighted by Crippen LogP contribution is -2.47. The Balaban J connectivity index is 1.38. The van der Waals surface area contributed by atoms with Crippen molar-refractivity contribution in [2.45, 2.75) is 44.7 Å². The number of hydrogen-bond acceptors (Lipinski definition) is 4.